The molecule has 0 radical (unpaired) electrons. The molecular weight excluding hydrogens is 536 g/mol. The fourth-order valence-electron chi connectivity index (χ4n) is 5.63. The molecule has 5 heterocycles. The molecule has 220 valence electrons. The van der Waals surface area contributed by atoms with Crippen LogP contribution >= 0.6 is 0 Å². The van der Waals surface area contributed by atoms with Gasteiger partial charge in [-0.25, -0.2) is 4.98 Å². The summed E-state index contributed by atoms with van der Waals surface area (Å²) in [7, 11) is 2.62. The summed E-state index contributed by atoms with van der Waals surface area (Å²) in [5.74, 6) is -0.875. The molecule has 0 aliphatic carbocycles. The molecule has 2 atom stereocenters. The maximum Gasteiger partial charge on any atom is 0.305 e. The Hall–Kier alpha value is -4.28. The Labute approximate surface area is 243 Å². The van der Waals surface area contributed by atoms with Crippen molar-refractivity contribution >= 4 is 45.2 Å². The summed E-state index contributed by atoms with van der Waals surface area (Å²) in [5, 5.41) is 23.9. The van der Waals surface area contributed by atoms with Gasteiger partial charge in [0, 0.05) is 34.9 Å². The van der Waals surface area contributed by atoms with Gasteiger partial charge in [-0.1, -0.05) is 0 Å². The number of aromatic amines is 2. The lowest BCUT2D eigenvalue weighted by atomic mass is 9.78. The van der Waals surface area contributed by atoms with Gasteiger partial charge >= 0.3 is 11.9 Å². The Morgan fingerprint density at radius 1 is 0.786 bits per heavy atom. The van der Waals surface area contributed by atoms with E-state index in [4.69, 9.17) is 19.4 Å². The van der Waals surface area contributed by atoms with Gasteiger partial charge in [0.1, 0.15) is 11.2 Å². The van der Waals surface area contributed by atoms with Crippen LogP contribution in [0, 0.1) is 13.8 Å². The molecule has 10 heteroatoms. The number of aromatic nitrogens is 4. The predicted octanol–water partition coefficient (Wildman–Crippen LogP) is 4.86. The molecule has 8 bridgehead atoms. The van der Waals surface area contributed by atoms with Gasteiger partial charge in [0.15, 0.2) is 0 Å². The molecule has 0 spiro atoms. The number of H-pyrrole nitrogens is 2. The number of aliphatic hydroxyl groups is 2. The van der Waals surface area contributed by atoms with Crippen molar-refractivity contribution in [2.45, 2.75) is 64.6 Å². The summed E-state index contributed by atoms with van der Waals surface area (Å²) in [6, 6.07) is 11.3. The van der Waals surface area contributed by atoms with Gasteiger partial charge in [-0.05, 0) is 99.2 Å². The van der Waals surface area contributed by atoms with Gasteiger partial charge in [-0.15, -0.1) is 0 Å². The van der Waals surface area contributed by atoms with Crippen LogP contribution in [0.15, 0.2) is 36.4 Å². The number of fused-ring (bicyclic) bond motifs is 8. The smallest absolute Gasteiger partial charge is 0.305 e. The van der Waals surface area contributed by atoms with E-state index in [0.717, 1.165) is 38.8 Å². The molecule has 42 heavy (non-hydrogen) atoms. The maximum atomic E-state index is 12.1. The van der Waals surface area contributed by atoms with Crippen LogP contribution < -0.4 is 0 Å². The first kappa shape index (κ1) is 29.2. The van der Waals surface area contributed by atoms with Crippen molar-refractivity contribution < 1.29 is 29.3 Å². The molecule has 10 nitrogen and oxygen atoms in total. The Kier molecular flexibility index (Phi) is 7.55. The highest BCUT2D eigenvalue weighted by molar-refractivity contribution is 5.93. The normalized spacial score (nSPS) is 20.1. The number of hydrogen-bond acceptors (Lipinski definition) is 8. The van der Waals surface area contributed by atoms with Crippen molar-refractivity contribution in [2.24, 2.45) is 0 Å². The number of hydrogen-bond donors (Lipinski definition) is 4. The average Bonchev–Trinajstić information content (AvgIpc) is 3.61. The molecule has 3 aromatic heterocycles. The molecule has 2 aliphatic heterocycles. The zero-order valence-electron chi connectivity index (χ0n) is 24.7. The summed E-state index contributed by atoms with van der Waals surface area (Å²) in [6.45, 7) is 7.43. The summed E-state index contributed by atoms with van der Waals surface area (Å²) in [6.07, 6.45) is 0.216. The Morgan fingerprint density at radius 3 is 2.02 bits per heavy atom. The quantitative estimate of drug-likeness (QED) is 0.306. The summed E-state index contributed by atoms with van der Waals surface area (Å²) in [4.78, 5) is 40.7. The van der Waals surface area contributed by atoms with Crippen LogP contribution in [-0.2, 0) is 30.3 Å². The summed E-state index contributed by atoms with van der Waals surface area (Å²) in [5.41, 5.74) is 4.88. The number of carbonyl (C=O) groups excluding carboxylic acids is 2. The minimum Gasteiger partial charge on any atom is -0.469 e. The molecule has 0 fully saturated rings. The number of rotatable bonds is 6. The first-order chi connectivity index (χ1) is 19.9. The highest BCUT2D eigenvalue weighted by Gasteiger charge is 2.54. The molecule has 0 aromatic carbocycles. The van der Waals surface area contributed by atoms with E-state index in [2.05, 4.69) is 16.0 Å². The number of aryl methyl sites for hydroxylation is 2. The standard InChI is InChI=1S/C32H36N4O6/c1-17-12-21-14-27-31(4,39)32(40,10-9-30(38)42-6)28(36-27)16-26-22(7-8-29(37)41-5)19(3)25(35-26)15-24-18(2)11-20(33-24)13-23(17)34-21/h11-16,33-34,39-40H,7-10H2,1-6H3. The van der Waals surface area contributed by atoms with Crippen LogP contribution in [0.2, 0.25) is 0 Å². The van der Waals surface area contributed by atoms with Gasteiger partial charge in [-0.3, -0.25) is 14.6 Å². The number of esters is 2. The van der Waals surface area contributed by atoms with E-state index in [1.54, 1.807) is 12.1 Å². The summed E-state index contributed by atoms with van der Waals surface area (Å²) >= 11 is 0. The molecule has 2 aliphatic rings. The lowest BCUT2D eigenvalue weighted by Crippen LogP contribution is -2.44. The predicted molar refractivity (Wildman–Crippen MR) is 159 cm³/mol. The molecule has 3 aromatic rings. The molecule has 5 rings (SSSR count). The van der Waals surface area contributed by atoms with Crippen LogP contribution in [0.3, 0.4) is 0 Å². The average molecular weight is 573 g/mol. The van der Waals surface area contributed by atoms with Crippen molar-refractivity contribution in [3.05, 3.63) is 70.3 Å². The lowest BCUT2D eigenvalue weighted by Gasteiger charge is -2.35. The monoisotopic (exact) mass is 572 g/mol. The zero-order valence-corrected chi connectivity index (χ0v) is 24.7. The van der Waals surface area contributed by atoms with Gasteiger partial charge in [0.05, 0.1) is 37.0 Å². The van der Waals surface area contributed by atoms with E-state index < -0.39 is 17.2 Å². The lowest BCUT2D eigenvalue weighted by molar-refractivity contribution is -0.160. The minimum absolute atomic E-state index is 0.136. The van der Waals surface area contributed by atoms with E-state index >= 15 is 0 Å². The van der Waals surface area contributed by atoms with Crippen molar-refractivity contribution in [1.29, 1.82) is 0 Å². The zero-order chi connectivity index (χ0) is 30.4. The van der Waals surface area contributed by atoms with E-state index in [1.807, 2.05) is 39.0 Å². The van der Waals surface area contributed by atoms with Gasteiger partial charge < -0.3 is 29.7 Å². The van der Waals surface area contributed by atoms with E-state index in [9.17, 15) is 19.8 Å². The molecule has 2 unspecified atom stereocenters. The van der Waals surface area contributed by atoms with Crippen LogP contribution in [0.25, 0.3) is 33.2 Å². The van der Waals surface area contributed by atoms with Gasteiger partial charge in [0.25, 0.3) is 0 Å². The SMILES string of the molecule is COC(=O)CCC1=C(C)c2cc3[nH]c(cc3C)cc3[nH]c(cc4nc(cc1n2)C(O)(CCC(=O)OC)C4(C)O)cc3C. The number of ether oxygens (including phenoxy) is 2. The number of methoxy groups -OCH3 is 2. The molecule has 0 amide bonds. The van der Waals surface area contributed by atoms with Crippen molar-refractivity contribution in [1.82, 2.24) is 19.9 Å². The van der Waals surface area contributed by atoms with E-state index in [-0.39, 0.29) is 36.6 Å². The first-order valence-corrected chi connectivity index (χ1v) is 13.9. The fourth-order valence-corrected chi connectivity index (χ4v) is 5.63. The Bertz CT molecular complexity index is 1780. The van der Waals surface area contributed by atoms with Crippen LogP contribution in [0.4, 0.5) is 0 Å². The second-order valence-corrected chi connectivity index (χ2v) is 11.2. The van der Waals surface area contributed by atoms with E-state index in [1.165, 1.54) is 21.1 Å². The van der Waals surface area contributed by atoms with Crippen molar-refractivity contribution in [2.75, 3.05) is 14.2 Å². The number of nitrogens with zero attached hydrogens (tertiary/aromatic N) is 2. The van der Waals surface area contributed by atoms with Crippen molar-refractivity contribution in [3.63, 3.8) is 0 Å². The number of allylic oxidation sites excluding steroid dienone is 2. The number of nitrogens with one attached hydrogen (secondary N) is 2. The molecule has 0 saturated heterocycles. The fraction of sp³-hybridized carbons (Fsp3) is 0.375. The first-order valence-electron chi connectivity index (χ1n) is 13.9. The number of carbonyl (C=O) groups is 2. The Balaban J connectivity index is 1.84. The van der Waals surface area contributed by atoms with Crippen LogP contribution in [0.1, 0.15) is 73.4 Å². The topological polar surface area (TPSA) is 150 Å². The second kappa shape index (κ2) is 10.8. The second-order valence-electron chi connectivity index (χ2n) is 11.2. The minimum atomic E-state index is -1.93. The Morgan fingerprint density at radius 2 is 1.38 bits per heavy atom. The third-order valence-corrected chi connectivity index (χ3v) is 8.38. The van der Waals surface area contributed by atoms with Crippen LogP contribution in [-0.4, -0.2) is 56.3 Å². The van der Waals surface area contributed by atoms with Gasteiger partial charge in [0.2, 0.25) is 0 Å². The summed E-state index contributed by atoms with van der Waals surface area (Å²) < 4.78 is 9.69. The highest BCUT2D eigenvalue weighted by Crippen LogP contribution is 2.47. The third-order valence-electron chi connectivity index (χ3n) is 8.38. The largest absolute Gasteiger partial charge is 0.469 e. The molecular formula is C32H36N4O6. The molecule has 0 saturated carbocycles. The third kappa shape index (κ3) is 5.12. The van der Waals surface area contributed by atoms with Crippen LogP contribution in [0.5, 0.6) is 0 Å². The highest BCUT2D eigenvalue weighted by atomic mass is 16.5. The maximum absolute atomic E-state index is 12.1. The van der Waals surface area contributed by atoms with Gasteiger partial charge in [-0.2, -0.15) is 0 Å². The van der Waals surface area contributed by atoms with Crippen molar-refractivity contribution in [3.8, 4) is 0 Å². The molecule has 4 N–H and O–H groups in total. The van der Waals surface area contributed by atoms with E-state index in [0.29, 0.717) is 23.3 Å².